The zero-order chi connectivity index (χ0) is 13.3. The second-order valence-electron chi connectivity index (χ2n) is 3.74. The van der Waals surface area contributed by atoms with Crippen LogP contribution < -0.4 is 5.73 Å². The summed E-state index contributed by atoms with van der Waals surface area (Å²) < 4.78 is 2.20. The molecule has 0 spiro atoms. The van der Waals surface area contributed by atoms with Crippen LogP contribution in [0.5, 0.6) is 0 Å². The average Bonchev–Trinajstić information content (AvgIpc) is 2.68. The van der Waals surface area contributed by atoms with E-state index in [-0.39, 0.29) is 0 Å². The van der Waals surface area contributed by atoms with Crippen molar-refractivity contribution in [1.82, 2.24) is 0 Å². The zero-order valence-corrected chi connectivity index (χ0v) is 14.2. The highest BCUT2D eigenvalue weighted by atomic mass is 127. The van der Waals surface area contributed by atoms with Crippen molar-refractivity contribution in [3.63, 3.8) is 0 Å². The van der Waals surface area contributed by atoms with Gasteiger partial charge in [-0.3, -0.25) is 0 Å². The van der Waals surface area contributed by atoms with E-state index in [2.05, 4.69) is 63.6 Å². The first-order valence-electron chi connectivity index (χ1n) is 5.35. The summed E-state index contributed by atoms with van der Waals surface area (Å²) in [5, 5.41) is 9.09. The third-order valence-electron chi connectivity index (χ3n) is 2.68. The van der Waals surface area contributed by atoms with E-state index < -0.39 is 0 Å². The van der Waals surface area contributed by atoms with Gasteiger partial charge in [-0.15, -0.1) is 11.3 Å². The number of nitriles is 1. The van der Waals surface area contributed by atoms with Gasteiger partial charge in [-0.2, -0.15) is 5.26 Å². The smallest absolute Gasteiger partial charge is 0.128 e. The van der Waals surface area contributed by atoms with Crippen LogP contribution in [0.4, 0.5) is 5.69 Å². The molecular formula is C13H10BrIN2S. The maximum absolute atomic E-state index is 9.09. The van der Waals surface area contributed by atoms with Crippen molar-refractivity contribution in [3.05, 3.63) is 36.7 Å². The molecule has 2 rings (SSSR count). The molecule has 0 unspecified atom stereocenters. The first-order valence-corrected chi connectivity index (χ1v) is 8.04. The minimum absolute atomic E-state index is 0.609. The standard InChI is InChI=1S/C13H10BrIN2S/c1-2-8-12(17)11(6-16)18-13(8)9-5-7(14)3-4-10(9)15/h3-5H,2,17H2,1H3. The van der Waals surface area contributed by atoms with Crippen LogP contribution in [0.3, 0.4) is 0 Å². The fourth-order valence-electron chi connectivity index (χ4n) is 1.80. The summed E-state index contributed by atoms with van der Waals surface area (Å²) in [4.78, 5) is 1.72. The highest BCUT2D eigenvalue weighted by molar-refractivity contribution is 14.1. The fourth-order valence-corrected chi connectivity index (χ4v) is 4.09. The Morgan fingerprint density at radius 3 is 2.83 bits per heavy atom. The number of halogens is 2. The predicted octanol–water partition coefficient (Wildman–Crippen LogP) is 4.80. The summed E-state index contributed by atoms with van der Waals surface area (Å²) in [6.45, 7) is 2.06. The van der Waals surface area contributed by atoms with E-state index in [0.29, 0.717) is 10.6 Å². The monoisotopic (exact) mass is 432 g/mol. The Balaban J connectivity index is 2.71. The SMILES string of the molecule is CCc1c(-c2cc(Br)ccc2I)sc(C#N)c1N. The normalized spacial score (nSPS) is 10.3. The molecule has 2 N–H and O–H groups in total. The summed E-state index contributed by atoms with van der Waals surface area (Å²) in [6, 6.07) is 8.32. The van der Waals surface area contributed by atoms with Crippen LogP contribution in [-0.2, 0) is 6.42 Å². The van der Waals surface area contributed by atoms with Gasteiger partial charge in [0.15, 0.2) is 0 Å². The fraction of sp³-hybridized carbons (Fsp3) is 0.154. The summed E-state index contributed by atoms with van der Waals surface area (Å²) in [7, 11) is 0. The Morgan fingerprint density at radius 1 is 1.50 bits per heavy atom. The molecule has 18 heavy (non-hydrogen) atoms. The molecule has 2 aromatic rings. The molecule has 1 aromatic carbocycles. The number of hydrogen-bond donors (Lipinski definition) is 1. The molecule has 0 saturated carbocycles. The van der Waals surface area contributed by atoms with Crippen molar-refractivity contribution >= 4 is 55.5 Å². The highest BCUT2D eigenvalue weighted by Crippen LogP contribution is 2.41. The minimum Gasteiger partial charge on any atom is -0.397 e. The van der Waals surface area contributed by atoms with Crippen molar-refractivity contribution in [1.29, 1.82) is 5.26 Å². The minimum atomic E-state index is 0.609. The Morgan fingerprint density at radius 2 is 2.22 bits per heavy atom. The molecule has 0 bridgehead atoms. The Bertz CT molecular complexity index is 643. The van der Waals surface area contributed by atoms with Crippen molar-refractivity contribution in [2.75, 3.05) is 5.73 Å². The number of hydrogen-bond acceptors (Lipinski definition) is 3. The maximum Gasteiger partial charge on any atom is 0.128 e. The van der Waals surface area contributed by atoms with Crippen LogP contribution in [0.1, 0.15) is 17.4 Å². The summed E-state index contributed by atoms with van der Waals surface area (Å²) in [6.07, 6.45) is 0.835. The average molecular weight is 433 g/mol. The topological polar surface area (TPSA) is 49.8 Å². The van der Waals surface area contributed by atoms with E-state index in [1.807, 2.05) is 6.07 Å². The Labute approximate surface area is 132 Å². The lowest BCUT2D eigenvalue weighted by atomic mass is 10.1. The molecule has 0 amide bonds. The highest BCUT2D eigenvalue weighted by Gasteiger charge is 2.17. The molecule has 1 aromatic heterocycles. The molecule has 0 fully saturated rings. The largest absolute Gasteiger partial charge is 0.397 e. The van der Waals surface area contributed by atoms with Gasteiger partial charge in [0.05, 0.1) is 5.69 Å². The molecule has 5 heteroatoms. The molecule has 0 aliphatic carbocycles. The van der Waals surface area contributed by atoms with Gasteiger partial charge in [-0.1, -0.05) is 22.9 Å². The number of nitrogens with two attached hydrogens (primary N) is 1. The van der Waals surface area contributed by atoms with Crippen LogP contribution in [0, 0.1) is 14.9 Å². The van der Waals surface area contributed by atoms with Crippen molar-refractivity contribution in [3.8, 4) is 16.5 Å². The first-order chi connectivity index (χ1) is 8.58. The molecule has 0 atom stereocenters. The molecule has 0 aliphatic rings. The molecule has 0 radical (unpaired) electrons. The van der Waals surface area contributed by atoms with Gasteiger partial charge in [0, 0.05) is 18.5 Å². The van der Waals surface area contributed by atoms with E-state index in [4.69, 9.17) is 11.0 Å². The molecule has 0 saturated heterocycles. The van der Waals surface area contributed by atoms with Crippen LogP contribution >= 0.6 is 49.9 Å². The molecular weight excluding hydrogens is 423 g/mol. The lowest BCUT2D eigenvalue weighted by molar-refractivity contribution is 1.16. The van der Waals surface area contributed by atoms with E-state index in [9.17, 15) is 0 Å². The van der Waals surface area contributed by atoms with Gasteiger partial charge >= 0.3 is 0 Å². The number of thiophene rings is 1. The van der Waals surface area contributed by atoms with Crippen LogP contribution in [0.25, 0.3) is 10.4 Å². The molecule has 0 aliphatic heterocycles. The maximum atomic E-state index is 9.09. The predicted molar refractivity (Wildman–Crippen MR) is 88.7 cm³/mol. The van der Waals surface area contributed by atoms with E-state index >= 15 is 0 Å². The summed E-state index contributed by atoms with van der Waals surface area (Å²) in [5.74, 6) is 0. The first kappa shape index (κ1) is 13.8. The van der Waals surface area contributed by atoms with Gasteiger partial charge < -0.3 is 5.73 Å². The third-order valence-corrected chi connectivity index (χ3v) is 5.30. The molecule has 2 nitrogen and oxygen atoms in total. The van der Waals surface area contributed by atoms with Gasteiger partial charge in [0.25, 0.3) is 0 Å². The van der Waals surface area contributed by atoms with Crippen LogP contribution in [0.2, 0.25) is 0 Å². The Kier molecular flexibility index (Phi) is 4.30. The second-order valence-corrected chi connectivity index (χ2v) is 6.84. The zero-order valence-electron chi connectivity index (χ0n) is 9.63. The Hall–Kier alpha value is -0.580. The number of anilines is 1. The lowest BCUT2D eigenvalue weighted by Gasteiger charge is -2.06. The lowest BCUT2D eigenvalue weighted by Crippen LogP contribution is -1.92. The van der Waals surface area contributed by atoms with Crippen molar-refractivity contribution in [2.24, 2.45) is 0 Å². The third kappa shape index (κ3) is 2.42. The van der Waals surface area contributed by atoms with Gasteiger partial charge in [0.1, 0.15) is 10.9 Å². The quantitative estimate of drug-likeness (QED) is 0.693. The number of nitrogens with zero attached hydrogens (tertiary/aromatic N) is 1. The van der Waals surface area contributed by atoms with Crippen molar-refractivity contribution in [2.45, 2.75) is 13.3 Å². The molecule has 92 valence electrons. The number of benzene rings is 1. The van der Waals surface area contributed by atoms with E-state index in [1.165, 1.54) is 11.3 Å². The number of nitrogen functional groups attached to an aromatic ring is 1. The van der Waals surface area contributed by atoms with E-state index in [0.717, 1.165) is 30.5 Å². The van der Waals surface area contributed by atoms with E-state index in [1.54, 1.807) is 0 Å². The van der Waals surface area contributed by atoms with Crippen molar-refractivity contribution < 1.29 is 0 Å². The molecule has 1 heterocycles. The van der Waals surface area contributed by atoms with Crippen LogP contribution in [0.15, 0.2) is 22.7 Å². The number of rotatable bonds is 2. The van der Waals surface area contributed by atoms with Crippen LogP contribution in [-0.4, -0.2) is 0 Å². The van der Waals surface area contributed by atoms with Gasteiger partial charge in [-0.05, 0) is 52.8 Å². The second kappa shape index (κ2) is 5.59. The summed E-state index contributed by atoms with van der Waals surface area (Å²) in [5.41, 5.74) is 8.87. The van der Waals surface area contributed by atoms with Gasteiger partial charge in [-0.25, -0.2) is 0 Å². The summed E-state index contributed by atoms with van der Waals surface area (Å²) >= 11 is 7.27. The van der Waals surface area contributed by atoms with Gasteiger partial charge in [0.2, 0.25) is 0 Å².